The van der Waals surface area contributed by atoms with Gasteiger partial charge in [0, 0.05) is 22.7 Å². The van der Waals surface area contributed by atoms with Crippen LogP contribution < -0.4 is 5.73 Å². The van der Waals surface area contributed by atoms with E-state index < -0.39 is 17.8 Å². The fraction of sp³-hybridized carbons (Fsp3) is 0.100. The summed E-state index contributed by atoms with van der Waals surface area (Å²) in [6.45, 7) is 0. The maximum absolute atomic E-state index is 13.4. The molecule has 1 atom stereocenters. The molecule has 0 bridgehead atoms. The standard InChI is InChI=1S/C10H9FN2O2/c11-6-2-1-3-7-8(6)5(4-13-7)9(12)10(14)15/h1-4,9,13H,12H2,(H,14,15). The van der Waals surface area contributed by atoms with E-state index in [0.29, 0.717) is 5.52 Å². The molecule has 2 aromatic rings. The molecule has 2 rings (SSSR count). The summed E-state index contributed by atoms with van der Waals surface area (Å²) in [6.07, 6.45) is 1.42. The zero-order valence-electron chi connectivity index (χ0n) is 7.70. The Morgan fingerprint density at radius 2 is 2.27 bits per heavy atom. The molecule has 1 unspecified atom stereocenters. The second-order valence-corrected chi connectivity index (χ2v) is 3.22. The van der Waals surface area contributed by atoms with Crippen molar-refractivity contribution in [1.82, 2.24) is 4.98 Å². The Hall–Kier alpha value is -1.88. The van der Waals surface area contributed by atoms with Gasteiger partial charge in [0.15, 0.2) is 0 Å². The van der Waals surface area contributed by atoms with E-state index in [4.69, 9.17) is 10.8 Å². The Labute approximate surface area is 84.5 Å². The molecule has 0 aliphatic carbocycles. The largest absolute Gasteiger partial charge is 0.480 e. The lowest BCUT2D eigenvalue weighted by atomic mass is 10.1. The monoisotopic (exact) mass is 208 g/mol. The number of aromatic nitrogens is 1. The second kappa shape index (κ2) is 3.36. The second-order valence-electron chi connectivity index (χ2n) is 3.22. The summed E-state index contributed by atoms with van der Waals surface area (Å²) in [5.74, 6) is -1.65. The van der Waals surface area contributed by atoms with Crippen LogP contribution in [0.5, 0.6) is 0 Å². The van der Waals surface area contributed by atoms with Crippen LogP contribution in [-0.2, 0) is 4.79 Å². The summed E-state index contributed by atoms with van der Waals surface area (Å²) in [6, 6.07) is 3.27. The Morgan fingerprint density at radius 3 is 2.93 bits per heavy atom. The van der Waals surface area contributed by atoms with E-state index in [0.717, 1.165) is 0 Å². The number of nitrogens with one attached hydrogen (secondary N) is 1. The molecule has 4 nitrogen and oxygen atoms in total. The van der Waals surface area contributed by atoms with E-state index >= 15 is 0 Å². The first-order chi connectivity index (χ1) is 7.11. The van der Waals surface area contributed by atoms with Gasteiger partial charge in [0.05, 0.1) is 0 Å². The van der Waals surface area contributed by atoms with E-state index in [2.05, 4.69) is 4.98 Å². The molecule has 0 aliphatic heterocycles. The lowest BCUT2D eigenvalue weighted by molar-refractivity contribution is -0.138. The summed E-state index contributed by atoms with van der Waals surface area (Å²) >= 11 is 0. The van der Waals surface area contributed by atoms with E-state index in [-0.39, 0.29) is 10.9 Å². The first kappa shape index (κ1) is 9.67. The third kappa shape index (κ3) is 1.46. The minimum absolute atomic E-state index is 0.243. The van der Waals surface area contributed by atoms with Crippen LogP contribution in [-0.4, -0.2) is 16.1 Å². The zero-order valence-corrected chi connectivity index (χ0v) is 7.70. The Balaban J connectivity index is 2.67. The molecule has 1 aromatic carbocycles. The topological polar surface area (TPSA) is 79.1 Å². The van der Waals surface area contributed by atoms with Crippen molar-refractivity contribution in [2.24, 2.45) is 5.73 Å². The SMILES string of the molecule is NC(C(=O)O)c1c[nH]c2cccc(F)c12. The number of fused-ring (bicyclic) bond motifs is 1. The fourth-order valence-corrected chi connectivity index (χ4v) is 1.54. The average Bonchev–Trinajstić information content (AvgIpc) is 2.61. The van der Waals surface area contributed by atoms with Crippen molar-refractivity contribution in [2.45, 2.75) is 6.04 Å². The van der Waals surface area contributed by atoms with E-state index in [1.807, 2.05) is 0 Å². The van der Waals surface area contributed by atoms with Gasteiger partial charge in [-0.1, -0.05) is 6.07 Å². The molecule has 0 fully saturated rings. The number of nitrogens with two attached hydrogens (primary N) is 1. The molecule has 0 spiro atoms. The van der Waals surface area contributed by atoms with Gasteiger partial charge in [0.2, 0.25) is 0 Å². The molecule has 15 heavy (non-hydrogen) atoms. The van der Waals surface area contributed by atoms with Crippen molar-refractivity contribution in [3.05, 3.63) is 35.8 Å². The van der Waals surface area contributed by atoms with Crippen molar-refractivity contribution in [3.63, 3.8) is 0 Å². The molecule has 0 aliphatic rings. The normalized spacial score (nSPS) is 12.9. The van der Waals surface area contributed by atoms with Crippen molar-refractivity contribution < 1.29 is 14.3 Å². The van der Waals surface area contributed by atoms with Crippen LogP contribution in [0.4, 0.5) is 4.39 Å². The number of H-pyrrole nitrogens is 1. The van der Waals surface area contributed by atoms with Crippen LogP contribution in [0, 0.1) is 5.82 Å². The summed E-state index contributed by atoms with van der Waals surface area (Å²) in [4.78, 5) is 13.5. The molecule has 0 saturated heterocycles. The summed E-state index contributed by atoms with van der Waals surface area (Å²) in [5.41, 5.74) is 6.23. The van der Waals surface area contributed by atoms with Gasteiger partial charge in [-0.05, 0) is 12.1 Å². The molecule has 78 valence electrons. The first-order valence-corrected chi connectivity index (χ1v) is 4.35. The number of aliphatic carboxylic acids is 1. The fourth-order valence-electron chi connectivity index (χ4n) is 1.54. The third-order valence-electron chi connectivity index (χ3n) is 2.29. The Bertz CT molecular complexity index is 521. The highest BCUT2D eigenvalue weighted by molar-refractivity contribution is 5.89. The number of rotatable bonds is 2. The van der Waals surface area contributed by atoms with Crippen LogP contribution in [0.3, 0.4) is 0 Å². The number of hydrogen-bond acceptors (Lipinski definition) is 2. The molecule has 0 saturated carbocycles. The van der Waals surface area contributed by atoms with Crippen molar-refractivity contribution >= 4 is 16.9 Å². The summed E-state index contributed by atoms with van der Waals surface area (Å²) in [5, 5.41) is 8.99. The maximum atomic E-state index is 13.4. The number of halogens is 1. The molecular formula is C10H9FN2O2. The molecule has 1 heterocycles. The smallest absolute Gasteiger partial charge is 0.325 e. The van der Waals surface area contributed by atoms with Crippen LogP contribution >= 0.6 is 0 Å². The van der Waals surface area contributed by atoms with E-state index in [9.17, 15) is 9.18 Å². The van der Waals surface area contributed by atoms with Crippen LogP contribution in [0.2, 0.25) is 0 Å². The first-order valence-electron chi connectivity index (χ1n) is 4.35. The van der Waals surface area contributed by atoms with Gasteiger partial charge < -0.3 is 15.8 Å². The molecule has 4 N–H and O–H groups in total. The number of carboxylic acid groups (broad SMARTS) is 1. The van der Waals surface area contributed by atoms with Crippen molar-refractivity contribution in [2.75, 3.05) is 0 Å². The maximum Gasteiger partial charge on any atom is 0.325 e. The van der Waals surface area contributed by atoms with Gasteiger partial charge in [-0.2, -0.15) is 0 Å². The van der Waals surface area contributed by atoms with Gasteiger partial charge in [-0.3, -0.25) is 4.79 Å². The molecule has 5 heteroatoms. The van der Waals surface area contributed by atoms with Gasteiger partial charge >= 0.3 is 5.97 Å². The number of aromatic amines is 1. The predicted molar refractivity (Wildman–Crippen MR) is 52.8 cm³/mol. The van der Waals surface area contributed by atoms with Crippen molar-refractivity contribution in [1.29, 1.82) is 0 Å². The number of carbonyl (C=O) groups is 1. The highest BCUT2D eigenvalue weighted by Crippen LogP contribution is 2.25. The summed E-state index contributed by atoms with van der Waals surface area (Å²) < 4.78 is 13.4. The highest BCUT2D eigenvalue weighted by atomic mass is 19.1. The average molecular weight is 208 g/mol. The van der Waals surface area contributed by atoms with Crippen molar-refractivity contribution in [3.8, 4) is 0 Å². The minimum atomic E-state index is -1.21. The molecule has 0 radical (unpaired) electrons. The number of hydrogen-bond donors (Lipinski definition) is 3. The molecular weight excluding hydrogens is 199 g/mol. The van der Waals surface area contributed by atoms with Crippen LogP contribution in [0.1, 0.15) is 11.6 Å². The predicted octanol–water partition coefficient (Wildman–Crippen LogP) is 1.39. The highest BCUT2D eigenvalue weighted by Gasteiger charge is 2.19. The Kier molecular flexibility index (Phi) is 2.17. The summed E-state index contributed by atoms with van der Waals surface area (Å²) in [7, 11) is 0. The van der Waals surface area contributed by atoms with Gasteiger partial charge in [-0.25, -0.2) is 4.39 Å². The van der Waals surface area contributed by atoms with Gasteiger partial charge in [0.1, 0.15) is 11.9 Å². The van der Waals surface area contributed by atoms with Gasteiger partial charge in [0.25, 0.3) is 0 Å². The lowest BCUT2D eigenvalue weighted by Gasteiger charge is -2.04. The number of carboxylic acids is 1. The molecule has 1 aromatic heterocycles. The zero-order chi connectivity index (χ0) is 11.0. The molecule has 0 amide bonds. The van der Waals surface area contributed by atoms with E-state index in [1.54, 1.807) is 12.1 Å². The van der Waals surface area contributed by atoms with Crippen LogP contribution in [0.25, 0.3) is 10.9 Å². The van der Waals surface area contributed by atoms with E-state index in [1.165, 1.54) is 12.3 Å². The van der Waals surface area contributed by atoms with Crippen LogP contribution in [0.15, 0.2) is 24.4 Å². The minimum Gasteiger partial charge on any atom is -0.480 e. The third-order valence-corrected chi connectivity index (χ3v) is 2.29. The Morgan fingerprint density at radius 1 is 1.53 bits per heavy atom. The number of benzene rings is 1. The van der Waals surface area contributed by atoms with Gasteiger partial charge in [-0.15, -0.1) is 0 Å². The quantitative estimate of drug-likeness (QED) is 0.697. The lowest BCUT2D eigenvalue weighted by Crippen LogP contribution is -2.20.